The molecule has 0 atom stereocenters. The number of carbonyl (C=O) groups excluding carboxylic acids is 1. The van der Waals surface area contributed by atoms with Crippen molar-refractivity contribution in [2.45, 2.75) is 0 Å². The fraction of sp³-hybridized carbons (Fsp3) is 0.111. The molecule has 1 rings (SSSR count). The molecule has 0 amide bonds. The van der Waals surface area contributed by atoms with E-state index in [2.05, 4.69) is 9.72 Å². The lowest BCUT2D eigenvalue weighted by Crippen LogP contribution is -1.96. The maximum atomic E-state index is 10.8. The molecule has 2 N–H and O–H groups in total. The van der Waals surface area contributed by atoms with Crippen LogP contribution in [0.15, 0.2) is 18.3 Å². The average Bonchev–Trinajstić information content (AvgIpc) is 2.16. The van der Waals surface area contributed by atoms with Crippen molar-refractivity contribution in [3.05, 3.63) is 29.1 Å². The van der Waals surface area contributed by atoms with Gasteiger partial charge in [0.15, 0.2) is 0 Å². The Bertz CT molecular complexity index is 377. The van der Waals surface area contributed by atoms with E-state index in [1.807, 2.05) is 0 Å². The van der Waals surface area contributed by atoms with E-state index < -0.39 is 5.97 Å². The summed E-state index contributed by atoms with van der Waals surface area (Å²) in [5, 5.41) is 0.456. The Kier molecular flexibility index (Phi) is 3.48. The summed E-state index contributed by atoms with van der Waals surface area (Å²) in [6.45, 7) is 0. The van der Waals surface area contributed by atoms with Gasteiger partial charge in [0, 0.05) is 12.3 Å². The predicted octanol–water partition coefficient (Wildman–Crippen LogP) is 1.50. The first kappa shape index (κ1) is 10.5. The highest BCUT2D eigenvalue weighted by Crippen LogP contribution is 2.15. The monoisotopic (exact) mass is 212 g/mol. The highest BCUT2D eigenvalue weighted by molar-refractivity contribution is 6.30. The lowest BCUT2D eigenvalue weighted by atomic mass is 10.3. The number of rotatable bonds is 2. The number of aromatic nitrogens is 1. The minimum absolute atomic E-state index is 0.414. The first-order valence-corrected chi connectivity index (χ1v) is 4.18. The Morgan fingerprint density at radius 3 is 3.00 bits per heavy atom. The SMILES string of the molecule is COC(=O)C=Cc1ncc(Cl)cc1N. The second kappa shape index (κ2) is 4.62. The summed E-state index contributed by atoms with van der Waals surface area (Å²) in [4.78, 5) is 14.7. The van der Waals surface area contributed by atoms with Crippen LogP contribution >= 0.6 is 11.6 Å². The maximum absolute atomic E-state index is 10.8. The van der Waals surface area contributed by atoms with Gasteiger partial charge in [0.1, 0.15) is 0 Å². The number of nitrogens with zero attached hydrogens (tertiary/aromatic N) is 1. The Labute approximate surface area is 86.3 Å². The van der Waals surface area contributed by atoms with Crippen LogP contribution in [0, 0.1) is 0 Å². The standard InChI is InChI=1S/C9H9ClN2O2/c1-14-9(13)3-2-8-7(11)4-6(10)5-12-8/h2-5H,11H2,1H3. The van der Waals surface area contributed by atoms with Gasteiger partial charge in [0.05, 0.1) is 23.5 Å². The number of halogens is 1. The molecule has 0 aromatic carbocycles. The molecule has 0 aliphatic rings. The fourth-order valence-electron chi connectivity index (χ4n) is 0.820. The van der Waals surface area contributed by atoms with Crippen molar-refractivity contribution in [2.24, 2.45) is 0 Å². The quantitative estimate of drug-likeness (QED) is 0.596. The average molecular weight is 213 g/mol. The molecule has 4 nitrogen and oxygen atoms in total. The van der Waals surface area contributed by atoms with Gasteiger partial charge in [-0.2, -0.15) is 0 Å². The Morgan fingerprint density at radius 2 is 2.43 bits per heavy atom. The summed E-state index contributed by atoms with van der Waals surface area (Å²) in [5.41, 5.74) is 6.50. The van der Waals surface area contributed by atoms with Crippen LogP contribution in [0.4, 0.5) is 5.69 Å². The number of methoxy groups -OCH3 is 1. The van der Waals surface area contributed by atoms with Gasteiger partial charge in [-0.05, 0) is 12.1 Å². The topological polar surface area (TPSA) is 65.2 Å². The van der Waals surface area contributed by atoms with Gasteiger partial charge >= 0.3 is 5.97 Å². The number of esters is 1. The van der Waals surface area contributed by atoms with Crippen molar-refractivity contribution < 1.29 is 9.53 Å². The van der Waals surface area contributed by atoms with E-state index in [0.29, 0.717) is 16.4 Å². The summed E-state index contributed by atoms with van der Waals surface area (Å²) in [5.74, 6) is -0.457. The Hall–Kier alpha value is -1.55. The highest BCUT2D eigenvalue weighted by Gasteiger charge is 1.98. The molecule has 0 aliphatic heterocycles. The summed E-state index contributed by atoms with van der Waals surface area (Å²) >= 11 is 5.65. The second-order valence-corrected chi connectivity index (χ2v) is 2.92. The number of hydrogen-bond donors (Lipinski definition) is 1. The number of nitrogens with two attached hydrogens (primary N) is 1. The summed E-state index contributed by atoms with van der Waals surface area (Å²) in [7, 11) is 1.30. The molecule has 1 heterocycles. The molecule has 1 aromatic heterocycles. The number of nitrogen functional groups attached to an aromatic ring is 1. The van der Waals surface area contributed by atoms with Gasteiger partial charge < -0.3 is 10.5 Å². The predicted molar refractivity (Wildman–Crippen MR) is 54.7 cm³/mol. The molecule has 0 saturated heterocycles. The Balaban J connectivity index is 2.87. The van der Waals surface area contributed by atoms with E-state index in [0.717, 1.165) is 0 Å². The molecule has 0 bridgehead atoms. The van der Waals surface area contributed by atoms with Crippen LogP contribution in [0.25, 0.3) is 6.08 Å². The van der Waals surface area contributed by atoms with E-state index in [4.69, 9.17) is 17.3 Å². The molecule has 0 fully saturated rings. The van der Waals surface area contributed by atoms with Crippen LogP contribution in [0.3, 0.4) is 0 Å². The molecular weight excluding hydrogens is 204 g/mol. The first-order valence-electron chi connectivity index (χ1n) is 3.80. The molecule has 0 radical (unpaired) electrons. The van der Waals surface area contributed by atoms with Crippen LogP contribution in [-0.2, 0) is 9.53 Å². The van der Waals surface area contributed by atoms with Gasteiger partial charge in [-0.15, -0.1) is 0 Å². The van der Waals surface area contributed by atoms with Crippen LogP contribution in [0.5, 0.6) is 0 Å². The molecule has 0 spiro atoms. The lowest BCUT2D eigenvalue weighted by molar-refractivity contribution is -0.134. The van der Waals surface area contributed by atoms with Gasteiger partial charge in [0.2, 0.25) is 0 Å². The van der Waals surface area contributed by atoms with Gasteiger partial charge in [-0.3, -0.25) is 4.98 Å². The van der Waals surface area contributed by atoms with Crippen molar-refractivity contribution in [3.63, 3.8) is 0 Å². The first-order chi connectivity index (χ1) is 6.63. The van der Waals surface area contributed by atoms with E-state index in [1.165, 1.54) is 25.5 Å². The minimum atomic E-state index is -0.457. The Morgan fingerprint density at radius 1 is 1.71 bits per heavy atom. The molecule has 14 heavy (non-hydrogen) atoms. The number of carbonyl (C=O) groups is 1. The van der Waals surface area contributed by atoms with Crippen LogP contribution in [0.1, 0.15) is 5.69 Å². The van der Waals surface area contributed by atoms with E-state index in [9.17, 15) is 4.79 Å². The van der Waals surface area contributed by atoms with Gasteiger partial charge in [-0.1, -0.05) is 11.6 Å². The van der Waals surface area contributed by atoms with E-state index in [1.54, 1.807) is 6.07 Å². The largest absolute Gasteiger partial charge is 0.466 e. The molecule has 0 aliphatic carbocycles. The van der Waals surface area contributed by atoms with Crippen molar-refractivity contribution in [3.8, 4) is 0 Å². The van der Waals surface area contributed by atoms with Crippen LogP contribution in [0.2, 0.25) is 5.02 Å². The van der Waals surface area contributed by atoms with Crippen molar-refractivity contribution in [1.82, 2.24) is 4.98 Å². The summed E-state index contributed by atoms with van der Waals surface area (Å²) < 4.78 is 4.42. The van der Waals surface area contributed by atoms with Crippen molar-refractivity contribution >= 4 is 29.3 Å². The van der Waals surface area contributed by atoms with E-state index in [-0.39, 0.29) is 0 Å². The lowest BCUT2D eigenvalue weighted by Gasteiger charge is -1.98. The van der Waals surface area contributed by atoms with Crippen LogP contribution < -0.4 is 5.73 Å². The van der Waals surface area contributed by atoms with Gasteiger partial charge in [-0.25, -0.2) is 4.79 Å². The molecular formula is C9H9ClN2O2. The smallest absolute Gasteiger partial charge is 0.330 e. The number of hydrogen-bond acceptors (Lipinski definition) is 4. The number of pyridine rings is 1. The zero-order valence-corrected chi connectivity index (χ0v) is 8.28. The molecule has 0 unspecified atom stereocenters. The number of ether oxygens (including phenoxy) is 1. The third-order valence-corrected chi connectivity index (χ3v) is 1.70. The third-order valence-electron chi connectivity index (χ3n) is 1.49. The van der Waals surface area contributed by atoms with Crippen LogP contribution in [-0.4, -0.2) is 18.1 Å². The van der Waals surface area contributed by atoms with E-state index >= 15 is 0 Å². The molecule has 1 aromatic rings. The molecule has 5 heteroatoms. The van der Waals surface area contributed by atoms with Crippen molar-refractivity contribution in [2.75, 3.05) is 12.8 Å². The fourth-order valence-corrected chi connectivity index (χ4v) is 0.986. The minimum Gasteiger partial charge on any atom is -0.466 e. The normalized spacial score (nSPS) is 10.4. The molecule has 74 valence electrons. The summed E-state index contributed by atoms with van der Waals surface area (Å²) in [6, 6.07) is 1.56. The maximum Gasteiger partial charge on any atom is 0.330 e. The third kappa shape index (κ3) is 2.74. The zero-order chi connectivity index (χ0) is 10.6. The second-order valence-electron chi connectivity index (χ2n) is 2.48. The number of anilines is 1. The van der Waals surface area contributed by atoms with Crippen molar-refractivity contribution in [1.29, 1.82) is 0 Å². The zero-order valence-electron chi connectivity index (χ0n) is 7.53. The van der Waals surface area contributed by atoms with Gasteiger partial charge in [0.25, 0.3) is 0 Å². The summed E-state index contributed by atoms with van der Waals surface area (Å²) in [6.07, 6.45) is 4.17. The molecule has 0 saturated carbocycles. The highest BCUT2D eigenvalue weighted by atomic mass is 35.5.